The summed E-state index contributed by atoms with van der Waals surface area (Å²) < 4.78 is 0.708. The summed E-state index contributed by atoms with van der Waals surface area (Å²) in [5.74, 6) is 2.98. The quantitative estimate of drug-likeness (QED) is 0.814. The van der Waals surface area contributed by atoms with E-state index in [0.29, 0.717) is 11.0 Å². The Bertz CT molecular complexity index is 384. The van der Waals surface area contributed by atoms with Crippen LogP contribution in [0.3, 0.4) is 0 Å². The third kappa shape index (κ3) is 3.88. The van der Waals surface area contributed by atoms with E-state index >= 15 is 0 Å². The lowest BCUT2D eigenvalue weighted by molar-refractivity contribution is 0.471. The molecule has 1 rings (SSSR count). The molecule has 1 unspecified atom stereocenters. The van der Waals surface area contributed by atoms with Gasteiger partial charge in [-0.1, -0.05) is 25.3 Å². The fraction of sp³-hybridized carbons (Fsp3) is 0.385. The monoisotopic (exact) mass is 281 g/mol. The number of phenols is 1. The van der Waals surface area contributed by atoms with E-state index in [-0.39, 0.29) is 11.8 Å². The zero-order chi connectivity index (χ0) is 12.0. The smallest absolute Gasteiger partial charge is 0.129 e. The minimum absolute atomic E-state index is 0.123. The van der Waals surface area contributed by atoms with Crippen LogP contribution in [0.2, 0.25) is 0 Å². The molecule has 0 aromatic heterocycles. The summed E-state index contributed by atoms with van der Waals surface area (Å²) in [6, 6.07) is 5.57. The van der Waals surface area contributed by atoms with Crippen molar-refractivity contribution >= 4 is 15.9 Å². The van der Waals surface area contributed by atoms with Crippen molar-refractivity contribution in [1.29, 1.82) is 0 Å². The molecule has 0 heterocycles. The van der Waals surface area contributed by atoms with Gasteiger partial charge in [0, 0.05) is 6.54 Å². The SMILES string of the molecule is C#CC(CCC)NCc1ccc(O)c(Br)c1. The molecule has 0 amide bonds. The topological polar surface area (TPSA) is 32.3 Å². The third-order valence-electron chi connectivity index (χ3n) is 2.34. The predicted molar refractivity (Wildman–Crippen MR) is 70.2 cm³/mol. The molecule has 1 atom stereocenters. The molecule has 3 heteroatoms. The first-order chi connectivity index (χ1) is 7.67. The van der Waals surface area contributed by atoms with Crippen molar-refractivity contribution < 1.29 is 5.11 Å². The molecule has 1 aromatic carbocycles. The van der Waals surface area contributed by atoms with Crippen molar-refractivity contribution in [2.45, 2.75) is 32.4 Å². The Kier molecular flexibility index (Phi) is 5.37. The molecule has 0 aliphatic heterocycles. The summed E-state index contributed by atoms with van der Waals surface area (Å²) in [7, 11) is 0. The van der Waals surface area contributed by atoms with Gasteiger partial charge < -0.3 is 5.11 Å². The number of hydrogen-bond donors (Lipinski definition) is 2. The van der Waals surface area contributed by atoms with Gasteiger partial charge in [0.1, 0.15) is 5.75 Å². The largest absolute Gasteiger partial charge is 0.507 e. The number of phenolic OH excluding ortho intramolecular Hbond substituents is 1. The van der Waals surface area contributed by atoms with Crippen molar-refractivity contribution in [1.82, 2.24) is 5.32 Å². The van der Waals surface area contributed by atoms with Crippen LogP contribution in [-0.2, 0) is 6.54 Å². The van der Waals surface area contributed by atoms with Crippen molar-refractivity contribution in [3.05, 3.63) is 28.2 Å². The van der Waals surface area contributed by atoms with Gasteiger partial charge in [0.25, 0.3) is 0 Å². The molecule has 0 bridgehead atoms. The highest BCUT2D eigenvalue weighted by atomic mass is 79.9. The van der Waals surface area contributed by atoms with Gasteiger partial charge in [-0.25, -0.2) is 0 Å². The summed E-state index contributed by atoms with van der Waals surface area (Å²) in [6.45, 7) is 2.83. The molecule has 86 valence electrons. The number of benzene rings is 1. The Morgan fingerprint density at radius 1 is 1.56 bits per heavy atom. The summed E-state index contributed by atoms with van der Waals surface area (Å²) in [4.78, 5) is 0. The van der Waals surface area contributed by atoms with Gasteiger partial charge in [-0.05, 0) is 40.0 Å². The zero-order valence-electron chi connectivity index (χ0n) is 9.33. The van der Waals surface area contributed by atoms with Crippen molar-refractivity contribution in [2.75, 3.05) is 0 Å². The number of aromatic hydroxyl groups is 1. The van der Waals surface area contributed by atoms with E-state index < -0.39 is 0 Å². The van der Waals surface area contributed by atoms with Crippen molar-refractivity contribution in [2.24, 2.45) is 0 Å². The molecule has 0 saturated heterocycles. The zero-order valence-corrected chi connectivity index (χ0v) is 10.9. The molecule has 0 aliphatic rings. The van der Waals surface area contributed by atoms with E-state index in [2.05, 4.69) is 34.1 Å². The molecule has 16 heavy (non-hydrogen) atoms. The highest BCUT2D eigenvalue weighted by Crippen LogP contribution is 2.24. The molecule has 2 N–H and O–H groups in total. The Hall–Kier alpha value is -0.980. The average Bonchev–Trinajstić information content (AvgIpc) is 2.28. The van der Waals surface area contributed by atoms with E-state index in [1.807, 2.05) is 12.1 Å². The maximum absolute atomic E-state index is 9.35. The number of terminal acetylenes is 1. The molecule has 0 fully saturated rings. The van der Waals surface area contributed by atoms with Gasteiger partial charge in [0.2, 0.25) is 0 Å². The van der Waals surface area contributed by atoms with Crippen LogP contribution in [0.25, 0.3) is 0 Å². The van der Waals surface area contributed by atoms with Crippen LogP contribution in [0.1, 0.15) is 25.3 Å². The van der Waals surface area contributed by atoms with Crippen LogP contribution in [-0.4, -0.2) is 11.1 Å². The van der Waals surface area contributed by atoms with Crippen LogP contribution in [0.4, 0.5) is 0 Å². The van der Waals surface area contributed by atoms with E-state index in [1.165, 1.54) is 0 Å². The Balaban J connectivity index is 2.54. The third-order valence-corrected chi connectivity index (χ3v) is 2.98. The van der Waals surface area contributed by atoms with Gasteiger partial charge >= 0.3 is 0 Å². The maximum atomic E-state index is 9.35. The lowest BCUT2D eigenvalue weighted by atomic mass is 10.1. The van der Waals surface area contributed by atoms with Gasteiger partial charge in [-0.3, -0.25) is 5.32 Å². The normalized spacial score (nSPS) is 12.1. The van der Waals surface area contributed by atoms with E-state index in [4.69, 9.17) is 6.42 Å². The maximum Gasteiger partial charge on any atom is 0.129 e. The summed E-state index contributed by atoms with van der Waals surface area (Å²) in [5.41, 5.74) is 1.10. The molecule has 0 aliphatic carbocycles. The van der Waals surface area contributed by atoms with Crippen LogP contribution in [0, 0.1) is 12.3 Å². The van der Waals surface area contributed by atoms with Crippen LogP contribution in [0.5, 0.6) is 5.75 Å². The summed E-state index contributed by atoms with van der Waals surface area (Å²) in [6.07, 6.45) is 7.47. The molecule has 0 saturated carbocycles. The Morgan fingerprint density at radius 2 is 2.31 bits per heavy atom. The molecule has 0 spiro atoms. The standard InChI is InChI=1S/C13H16BrNO/c1-3-5-11(4-2)15-9-10-6-7-13(16)12(14)8-10/h2,6-8,11,15-16H,3,5,9H2,1H3. The number of hydrogen-bond acceptors (Lipinski definition) is 2. The molecular weight excluding hydrogens is 266 g/mol. The molecule has 2 nitrogen and oxygen atoms in total. The van der Waals surface area contributed by atoms with Crippen LogP contribution in [0.15, 0.2) is 22.7 Å². The first kappa shape index (κ1) is 13.1. The molecule has 1 aromatic rings. The molecular formula is C13H16BrNO. The average molecular weight is 282 g/mol. The first-order valence-corrected chi connectivity index (χ1v) is 6.13. The van der Waals surface area contributed by atoms with Gasteiger partial charge in [0.15, 0.2) is 0 Å². The fourth-order valence-corrected chi connectivity index (χ4v) is 1.86. The predicted octanol–water partition coefficient (Wildman–Crippen LogP) is 3.05. The minimum atomic E-state index is 0.123. The summed E-state index contributed by atoms with van der Waals surface area (Å²) in [5, 5.41) is 12.6. The van der Waals surface area contributed by atoms with Crippen molar-refractivity contribution in [3.63, 3.8) is 0 Å². The highest BCUT2D eigenvalue weighted by Gasteiger charge is 2.04. The number of nitrogens with one attached hydrogen (secondary N) is 1. The Labute approximate surface area is 105 Å². The van der Waals surface area contributed by atoms with Crippen LogP contribution < -0.4 is 5.32 Å². The second kappa shape index (κ2) is 6.57. The fourth-order valence-electron chi connectivity index (χ4n) is 1.43. The lowest BCUT2D eigenvalue weighted by Gasteiger charge is -2.12. The molecule has 0 radical (unpaired) electrons. The van der Waals surface area contributed by atoms with Gasteiger partial charge in [-0.15, -0.1) is 6.42 Å². The van der Waals surface area contributed by atoms with Gasteiger partial charge in [-0.2, -0.15) is 0 Å². The van der Waals surface area contributed by atoms with Crippen LogP contribution >= 0.6 is 15.9 Å². The minimum Gasteiger partial charge on any atom is -0.507 e. The number of rotatable bonds is 5. The highest BCUT2D eigenvalue weighted by molar-refractivity contribution is 9.10. The van der Waals surface area contributed by atoms with Gasteiger partial charge in [0.05, 0.1) is 10.5 Å². The second-order valence-electron chi connectivity index (χ2n) is 3.67. The lowest BCUT2D eigenvalue weighted by Crippen LogP contribution is -2.26. The van der Waals surface area contributed by atoms with E-state index in [1.54, 1.807) is 6.07 Å². The number of halogens is 1. The van der Waals surface area contributed by atoms with Crippen molar-refractivity contribution in [3.8, 4) is 18.1 Å². The Morgan fingerprint density at radius 3 is 2.88 bits per heavy atom. The van der Waals surface area contributed by atoms with E-state index in [0.717, 1.165) is 18.4 Å². The first-order valence-electron chi connectivity index (χ1n) is 5.34. The second-order valence-corrected chi connectivity index (χ2v) is 4.53. The summed E-state index contributed by atoms with van der Waals surface area (Å²) >= 11 is 3.28. The van der Waals surface area contributed by atoms with E-state index in [9.17, 15) is 5.11 Å².